The Morgan fingerprint density at radius 2 is 2.32 bits per heavy atom. The first-order valence-corrected chi connectivity index (χ1v) is 7.91. The van der Waals surface area contributed by atoms with E-state index in [2.05, 4.69) is 11.9 Å². The molecule has 0 aliphatic heterocycles. The molecular weight excluding hydrogens is 260 g/mol. The third-order valence-electron chi connectivity index (χ3n) is 3.74. The van der Waals surface area contributed by atoms with Gasteiger partial charge >= 0.3 is 5.97 Å². The van der Waals surface area contributed by atoms with E-state index in [1.54, 1.807) is 5.38 Å². The minimum atomic E-state index is -0.298. The van der Waals surface area contributed by atoms with Gasteiger partial charge in [0.25, 0.3) is 0 Å². The minimum Gasteiger partial charge on any atom is -0.457 e. The molecule has 0 radical (unpaired) electrons. The number of rotatable bonds is 4. The molecular formula is C14H22N2O2S. The van der Waals surface area contributed by atoms with Gasteiger partial charge in [0, 0.05) is 5.38 Å². The Hall–Kier alpha value is -0.940. The van der Waals surface area contributed by atoms with Crippen LogP contribution in [0.5, 0.6) is 0 Å². The van der Waals surface area contributed by atoms with Crippen LogP contribution in [0.3, 0.4) is 0 Å². The molecule has 1 aliphatic rings. The van der Waals surface area contributed by atoms with Crippen LogP contribution in [0, 0.1) is 5.92 Å². The first-order chi connectivity index (χ1) is 9.11. The van der Waals surface area contributed by atoms with Gasteiger partial charge in [-0.3, -0.25) is 0 Å². The summed E-state index contributed by atoms with van der Waals surface area (Å²) in [5.41, 5.74) is 6.15. The molecule has 4 nitrogen and oxygen atoms in total. The minimum absolute atomic E-state index is 0.0618. The number of nitrogens with zero attached hydrogens (tertiary/aromatic N) is 1. The van der Waals surface area contributed by atoms with Crippen molar-refractivity contribution < 1.29 is 9.53 Å². The number of hydrogen-bond acceptors (Lipinski definition) is 5. The highest BCUT2D eigenvalue weighted by atomic mass is 32.1. The van der Waals surface area contributed by atoms with Crippen LogP contribution < -0.4 is 5.73 Å². The lowest BCUT2D eigenvalue weighted by molar-refractivity contribution is 0.000175. The van der Waals surface area contributed by atoms with Crippen molar-refractivity contribution in [2.75, 3.05) is 0 Å². The standard InChI is InChI=1S/C14H22N2O2S/c1-3-10-6-4-5-7-12(10)18-14(17)11-8-19-13(16-11)9(2)15/h8-10,12H,3-7,15H2,1-2H3. The Bertz CT molecular complexity index is 431. The fourth-order valence-corrected chi connectivity index (χ4v) is 3.33. The number of thiazole rings is 1. The van der Waals surface area contributed by atoms with Crippen LogP contribution in [0.2, 0.25) is 0 Å². The van der Waals surface area contributed by atoms with Gasteiger partial charge in [0.2, 0.25) is 0 Å². The number of ether oxygens (including phenoxy) is 1. The van der Waals surface area contributed by atoms with Gasteiger partial charge in [-0.05, 0) is 38.5 Å². The van der Waals surface area contributed by atoms with Crippen molar-refractivity contribution >= 4 is 17.3 Å². The van der Waals surface area contributed by atoms with E-state index in [1.807, 2.05) is 6.92 Å². The second kappa shape index (κ2) is 6.48. The first-order valence-electron chi connectivity index (χ1n) is 7.03. The van der Waals surface area contributed by atoms with E-state index in [1.165, 1.54) is 17.8 Å². The van der Waals surface area contributed by atoms with E-state index in [9.17, 15) is 4.79 Å². The molecule has 2 N–H and O–H groups in total. The molecule has 0 saturated heterocycles. The smallest absolute Gasteiger partial charge is 0.358 e. The Labute approximate surface area is 118 Å². The van der Waals surface area contributed by atoms with Crippen molar-refractivity contribution in [3.63, 3.8) is 0 Å². The van der Waals surface area contributed by atoms with Crippen molar-refractivity contribution in [3.8, 4) is 0 Å². The van der Waals surface area contributed by atoms with Crippen molar-refractivity contribution in [3.05, 3.63) is 16.1 Å². The fourth-order valence-electron chi connectivity index (χ4n) is 2.58. The number of aromatic nitrogens is 1. The monoisotopic (exact) mass is 282 g/mol. The average molecular weight is 282 g/mol. The second-order valence-corrected chi connectivity index (χ2v) is 6.15. The SMILES string of the molecule is CCC1CCCCC1OC(=O)c1csc(C(C)N)n1. The predicted molar refractivity (Wildman–Crippen MR) is 76.2 cm³/mol. The number of esters is 1. The van der Waals surface area contributed by atoms with E-state index >= 15 is 0 Å². The fraction of sp³-hybridized carbons (Fsp3) is 0.714. The van der Waals surface area contributed by atoms with Gasteiger partial charge in [-0.15, -0.1) is 11.3 Å². The lowest BCUT2D eigenvalue weighted by atomic mass is 9.85. The molecule has 1 heterocycles. The number of carbonyl (C=O) groups excluding carboxylic acids is 1. The van der Waals surface area contributed by atoms with Crippen LogP contribution >= 0.6 is 11.3 Å². The summed E-state index contributed by atoms with van der Waals surface area (Å²) in [7, 11) is 0. The number of carbonyl (C=O) groups is 1. The molecule has 1 saturated carbocycles. The average Bonchev–Trinajstić information content (AvgIpc) is 2.89. The molecule has 1 fully saturated rings. The highest BCUT2D eigenvalue weighted by Crippen LogP contribution is 2.30. The third kappa shape index (κ3) is 3.54. The van der Waals surface area contributed by atoms with Crippen molar-refractivity contribution in [2.45, 2.75) is 58.1 Å². The molecule has 0 aromatic carbocycles. The molecule has 0 amide bonds. The van der Waals surface area contributed by atoms with E-state index in [-0.39, 0.29) is 18.1 Å². The third-order valence-corrected chi connectivity index (χ3v) is 4.79. The van der Waals surface area contributed by atoms with Crippen molar-refractivity contribution in [1.82, 2.24) is 4.98 Å². The van der Waals surface area contributed by atoms with E-state index in [4.69, 9.17) is 10.5 Å². The summed E-state index contributed by atoms with van der Waals surface area (Å²) in [5.74, 6) is 0.206. The van der Waals surface area contributed by atoms with Crippen LogP contribution in [-0.2, 0) is 4.74 Å². The summed E-state index contributed by atoms with van der Waals surface area (Å²) in [6.07, 6.45) is 5.67. The molecule has 3 unspecified atom stereocenters. The highest BCUT2D eigenvalue weighted by Gasteiger charge is 2.28. The van der Waals surface area contributed by atoms with Gasteiger partial charge in [0.1, 0.15) is 11.1 Å². The topological polar surface area (TPSA) is 65.2 Å². The molecule has 0 spiro atoms. The van der Waals surface area contributed by atoms with Gasteiger partial charge in [-0.25, -0.2) is 9.78 Å². The Morgan fingerprint density at radius 1 is 1.58 bits per heavy atom. The maximum Gasteiger partial charge on any atom is 0.358 e. The Kier molecular flexibility index (Phi) is 4.93. The maximum atomic E-state index is 12.1. The molecule has 1 aromatic rings. The van der Waals surface area contributed by atoms with Gasteiger partial charge in [-0.2, -0.15) is 0 Å². The summed E-state index contributed by atoms with van der Waals surface area (Å²) in [6, 6.07) is -0.135. The van der Waals surface area contributed by atoms with E-state index < -0.39 is 0 Å². The number of hydrogen-bond donors (Lipinski definition) is 1. The molecule has 19 heavy (non-hydrogen) atoms. The molecule has 2 rings (SSSR count). The highest BCUT2D eigenvalue weighted by molar-refractivity contribution is 7.09. The van der Waals surface area contributed by atoms with Crippen molar-refractivity contribution in [2.24, 2.45) is 11.7 Å². The molecule has 1 aromatic heterocycles. The summed E-state index contributed by atoms with van der Waals surface area (Å²) in [5, 5.41) is 2.52. The van der Waals surface area contributed by atoms with Gasteiger partial charge in [0.15, 0.2) is 5.69 Å². The van der Waals surface area contributed by atoms with Crippen LogP contribution in [0.1, 0.15) is 67.5 Å². The second-order valence-electron chi connectivity index (χ2n) is 5.26. The van der Waals surface area contributed by atoms with E-state index in [0.717, 1.165) is 30.7 Å². The Balaban J connectivity index is 1.99. The molecule has 5 heteroatoms. The molecule has 1 aliphatic carbocycles. The van der Waals surface area contributed by atoms with Crippen molar-refractivity contribution in [1.29, 1.82) is 0 Å². The van der Waals surface area contributed by atoms with Gasteiger partial charge in [-0.1, -0.05) is 13.3 Å². The molecule has 0 bridgehead atoms. The normalized spacial score (nSPS) is 25.0. The van der Waals surface area contributed by atoms with Crippen LogP contribution in [0.25, 0.3) is 0 Å². The largest absolute Gasteiger partial charge is 0.457 e. The zero-order chi connectivity index (χ0) is 13.8. The van der Waals surface area contributed by atoms with Crippen LogP contribution in [0.4, 0.5) is 0 Å². The molecule has 106 valence electrons. The number of nitrogens with two attached hydrogens (primary N) is 1. The van der Waals surface area contributed by atoms with Gasteiger partial charge < -0.3 is 10.5 Å². The van der Waals surface area contributed by atoms with E-state index in [0.29, 0.717) is 11.6 Å². The molecule has 3 atom stereocenters. The summed E-state index contributed by atoms with van der Waals surface area (Å²) in [4.78, 5) is 16.3. The lowest BCUT2D eigenvalue weighted by Crippen LogP contribution is -2.29. The predicted octanol–water partition coefficient (Wildman–Crippen LogP) is 3.29. The van der Waals surface area contributed by atoms with Crippen LogP contribution in [-0.4, -0.2) is 17.1 Å². The first kappa shape index (κ1) is 14.5. The zero-order valence-corrected chi connectivity index (χ0v) is 12.4. The lowest BCUT2D eigenvalue weighted by Gasteiger charge is -2.30. The summed E-state index contributed by atoms with van der Waals surface area (Å²) in [6.45, 7) is 4.02. The summed E-state index contributed by atoms with van der Waals surface area (Å²) >= 11 is 1.42. The quantitative estimate of drug-likeness (QED) is 0.861. The van der Waals surface area contributed by atoms with Gasteiger partial charge in [0.05, 0.1) is 6.04 Å². The Morgan fingerprint density at radius 3 is 2.95 bits per heavy atom. The summed E-state index contributed by atoms with van der Waals surface area (Å²) < 4.78 is 5.64. The van der Waals surface area contributed by atoms with Crippen LogP contribution in [0.15, 0.2) is 5.38 Å². The maximum absolute atomic E-state index is 12.1. The zero-order valence-electron chi connectivity index (χ0n) is 11.6.